The van der Waals surface area contributed by atoms with E-state index in [-0.39, 0.29) is 23.8 Å². The Bertz CT molecular complexity index is 1130. The normalized spacial score (nSPS) is 17.4. The zero-order valence-corrected chi connectivity index (χ0v) is 17.9. The third kappa shape index (κ3) is 4.03. The van der Waals surface area contributed by atoms with Gasteiger partial charge in [0, 0.05) is 41.8 Å². The molecule has 0 spiro atoms. The van der Waals surface area contributed by atoms with Gasteiger partial charge in [0.25, 0.3) is 11.8 Å². The molecule has 1 fully saturated rings. The molecule has 0 bridgehead atoms. The summed E-state index contributed by atoms with van der Waals surface area (Å²) in [5.41, 5.74) is 3.83. The maximum absolute atomic E-state index is 13.7. The molecule has 4 rings (SSSR count). The molecule has 1 aromatic carbocycles. The van der Waals surface area contributed by atoms with Crippen molar-refractivity contribution >= 4 is 35.1 Å². The molecule has 1 saturated heterocycles. The maximum atomic E-state index is 13.7. The number of carbonyl (C=O) groups excluding carboxylic acids is 3. The van der Waals surface area contributed by atoms with E-state index >= 15 is 0 Å². The van der Waals surface area contributed by atoms with Crippen molar-refractivity contribution in [3.8, 4) is 0 Å². The van der Waals surface area contributed by atoms with Crippen molar-refractivity contribution in [2.24, 2.45) is 0 Å². The van der Waals surface area contributed by atoms with Crippen molar-refractivity contribution in [3.63, 3.8) is 0 Å². The SMILES string of the molecule is Cc1[nH]c(/C=C2\C(=O)Nc3ccc(F)cc32)c(C)c1C(=O)NC1CCN(C(=O)CO)CC1. The first-order valence-electron chi connectivity index (χ1n) is 10.5. The number of hydrogen-bond donors (Lipinski definition) is 4. The fourth-order valence-corrected chi connectivity index (χ4v) is 4.34. The van der Waals surface area contributed by atoms with Gasteiger partial charge in [-0.2, -0.15) is 0 Å². The summed E-state index contributed by atoms with van der Waals surface area (Å²) in [4.78, 5) is 41.7. The average Bonchev–Trinajstić information content (AvgIpc) is 3.23. The quantitative estimate of drug-likeness (QED) is 0.544. The van der Waals surface area contributed by atoms with E-state index in [2.05, 4.69) is 15.6 Å². The van der Waals surface area contributed by atoms with Gasteiger partial charge in [-0.1, -0.05) is 0 Å². The molecule has 168 valence electrons. The molecule has 2 aromatic rings. The fourth-order valence-electron chi connectivity index (χ4n) is 4.34. The summed E-state index contributed by atoms with van der Waals surface area (Å²) in [6, 6.07) is 4.05. The first-order chi connectivity index (χ1) is 15.3. The summed E-state index contributed by atoms with van der Waals surface area (Å²) in [5, 5.41) is 14.7. The van der Waals surface area contributed by atoms with Gasteiger partial charge >= 0.3 is 0 Å². The van der Waals surface area contributed by atoms with Crippen LogP contribution in [0.4, 0.5) is 10.1 Å². The lowest BCUT2D eigenvalue weighted by molar-refractivity contribution is -0.135. The van der Waals surface area contributed by atoms with Gasteiger partial charge in [0.05, 0.1) is 11.1 Å². The highest BCUT2D eigenvalue weighted by Crippen LogP contribution is 2.34. The number of aliphatic hydroxyl groups excluding tert-OH is 1. The number of aromatic amines is 1. The Morgan fingerprint density at radius 3 is 2.69 bits per heavy atom. The zero-order valence-electron chi connectivity index (χ0n) is 17.9. The third-order valence-corrected chi connectivity index (χ3v) is 6.07. The molecule has 0 aliphatic carbocycles. The number of anilines is 1. The summed E-state index contributed by atoms with van der Waals surface area (Å²) in [6.45, 7) is 4.05. The van der Waals surface area contributed by atoms with Crippen molar-refractivity contribution in [2.45, 2.75) is 32.7 Å². The molecule has 4 N–H and O–H groups in total. The van der Waals surface area contributed by atoms with Crippen LogP contribution in [0.1, 0.15) is 45.7 Å². The summed E-state index contributed by atoms with van der Waals surface area (Å²) in [6.07, 6.45) is 2.86. The van der Waals surface area contributed by atoms with Crippen LogP contribution in [0, 0.1) is 19.7 Å². The van der Waals surface area contributed by atoms with Gasteiger partial charge in [-0.3, -0.25) is 14.4 Å². The van der Waals surface area contributed by atoms with Gasteiger partial charge in [-0.05, 0) is 56.5 Å². The van der Waals surface area contributed by atoms with Crippen LogP contribution < -0.4 is 10.6 Å². The second-order valence-electron chi connectivity index (χ2n) is 8.15. The predicted octanol–water partition coefficient (Wildman–Crippen LogP) is 1.98. The van der Waals surface area contributed by atoms with Gasteiger partial charge < -0.3 is 25.6 Å². The van der Waals surface area contributed by atoms with Crippen LogP contribution >= 0.6 is 0 Å². The Balaban J connectivity index is 1.52. The number of amides is 3. The van der Waals surface area contributed by atoms with Crippen LogP contribution in [0.15, 0.2) is 18.2 Å². The number of aliphatic hydroxyl groups is 1. The number of nitrogens with zero attached hydrogens (tertiary/aromatic N) is 1. The first kappa shape index (κ1) is 21.8. The van der Waals surface area contributed by atoms with Gasteiger partial charge in [0.15, 0.2) is 0 Å². The molecule has 3 amide bonds. The molecular weight excluding hydrogens is 415 g/mol. The lowest BCUT2D eigenvalue weighted by Gasteiger charge is -2.32. The van der Waals surface area contributed by atoms with Crippen LogP contribution in [0.3, 0.4) is 0 Å². The van der Waals surface area contributed by atoms with E-state index in [9.17, 15) is 18.8 Å². The number of hydrogen-bond acceptors (Lipinski definition) is 4. The highest BCUT2D eigenvalue weighted by Gasteiger charge is 2.28. The van der Waals surface area contributed by atoms with Crippen LogP contribution in [-0.4, -0.2) is 58.5 Å². The van der Waals surface area contributed by atoms with Crippen molar-refractivity contribution in [3.05, 3.63) is 52.1 Å². The van der Waals surface area contributed by atoms with Gasteiger partial charge in [0.2, 0.25) is 5.91 Å². The summed E-state index contributed by atoms with van der Waals surface area (Å²) in [5.74, 6) is -1.29. The fraction of sp³-hybridized carbons (Fsp3) is 0.348. The number of piperidine rings is 1. The van der Waals surface area contributed by atoms with Crippen LogP contribution in [-0.2, 0) is 9.59 Å². The van der Waals surface area contributed by atoms with Gasteiger partial charge in [0.1, 0.15) is 12.4 Å². The van der Waals surface area contributed by atoms with E-state index in [1.807, 2.05) is 0 Å². The lowest BCUT2D eigenvalue weighted by atomic mass is 10.0. The number of benzene rings is 1. The van der Waals surface area contributed by atoms with E-state index in [1.54, 1.807) is 24.8 Å². The average molecular weight is 440 g/mol. The Morgan fingerprint density at radius 2 is 2.00 bits per heavy atom. The second-order valence-corrected chi connectivity index (χ2v) is 8.15. The Morgan fingerprint density at radius 1 is 1.28 bits per heavy atom. The van der Waals surface area contributed by atoms with E-state index < -0.39 is 12.4 Å². The second kappa shape index (κ2) is 8.58. The molecule has 9 heteroatoms. The van der Waals surface area contributed by atoms with Crippen molar-refractivity contribution in [1.82, 2.24) is 15.2 Å². The van der Waals surface area contributed by atoms with Crippen LogP contribution in [0.25, 0.3) is 11.6 Å². The molecule has 0 atom stereocenters. The number of H-pyrrole nitrogens is 1. The molecule has 32 heavy (non-hydrogen) atoms. The van der Waals surface area contributed by atoms with E-state index in [4.69, 9.17) is 5.11 Å². The number of fused-ring (bicyclic) bond motifs is 1. The number of aromatic nitrogens is 1. The summed E-state index contributed by atoms with van der Waals surface area (Å²) in [7, 11) is 0. The van der Waals surface area contributed by atoms with Gasteiger partial charge in [-0.15, -0.1) is 0 Å². The molecule has 0 radical (unpaired) electrons. The molecule has 8 nitrogen and oxygen atoms in total. The number of rotatable bonds is 4. The smallest absolute Gasteiger partial charge is 0.256 e. The molecular formula is C23H25FN4O4. The molecule has 2 aliphatic heterocycles. The largest absolute Gasteiger partial charge is 0.387 e. The molecule has 0 unspecified atom stereocenters. The van der Waals surface area contributed by atoms with Crippen molar-refractivity contribution in [2.75, 3.05) is 25.0 Å². The van der Waals surface area contributed by atoms with Crippen LogP contribution in [0.2, 0.25) is 0 Å². The van der Waals surface area contributed by atoms with Crippen molar-refractivity contribution < 1.29 is 23.9 Å². The van der Waals surface area contributed by atoms with Crippen molar-refractivity contribution in [1.29, 1.82) is 0 Å². The third-order valence-electron chi connectivity index (χ3n) is 6.07. The van der Waals surface area contributed by atoms with Gasteiger partial charge in [-0.25, -0.2) is 4.39 Å². The number of likely N-dealkylation sites (tertiary alicyclic amines) is 1. The number of carbonyl (C=O) groups is 3. The minimum atomic E-state index is -0.508. The number of nitrogens with one attached hydrogen (secondary N) is 3. The van der Waals surface area contributed by atoms with E-state index in [1.165, 1.54) is 18.2 Å². The maximum Gasteiger partial charge on any atom is 0.256 e. The summed E-state index contributed by atoms with van der Waals surface area (Å²) < 4.78 is 13.7. The highest BCUT2D eigenvalue weighted by atomic mass is 19.1. The Hall–Kier alpha value is -3.46. The molecule has 1 aromatic heterocycles. The van der Waals surface area contributed by atoms with E-state index in [0.717, 1.165) is 0 Å². The molecule has 3 heterocycles. The lowest BCUT2D eigenvalue weighted by Crippen LogP contribution is -2.47. The minimum Gasteiger partial charge on any atom is -0.387 e. The first-order valence-corrected chi connectivity index (χ1v) is 10.5. The minimum absolute atomic E-state index is 0.0730. The monoisotopic (exact) mass is 440 g/mol. The Kier molecular flexibility index (Phi) is 5.84. The molecule has 2 aliphatic rings. The Labute approximate surface area is 184 Å². The zero-order chi connectivity index (χ0) is 23.0. The predicted molar refractivity (Wildman–Crippen MR) is 117 cm³/mol. The standard InChI is InChI=1S/C23H25FN4O4/c1-12-19(10-17-16-9-14(24)3-4-18(16)27-22(17)31)25-13(2)21(12)23(32)26-15-5-7-28(8-6-15)20(30)11-29/h3-4,9-10,15,25,29H,5-8,11H2,1-2H3,(H,26,32)(H,27,31)/b17-10-. The van der Waals surface area contributed by atoms with E-state index in [0.29, 0.717) is 65.3 Å². The highest BCUT2D eigenvalue weighted by molar-refractivity contribution is 6.34. The summed E-state index contributed by atoms with van der Waals surface area (Å²) >= 11 is 0. The van der Waals surface area contributed by atoms with Crippen LogP contribution in [0.5, 0.6) is 0 Å². The topological polar surface area (TPSA) is 115 Å². The number of halogens is 1. The number of aryl methyl sites for hydroxylation is 1. The molecule has 0 saturated carbocycles.